The summed E-state index contributed by atoms with van der Waals surface area (Å²) in [7, 11) is -3.60. The molecule has 3 aromatic carbocycles. The number of aryl methyl sites for hydroxylation is 1. The number of ether oxygens (including phenoxy) is 1. The van der Waals surface area contributed by atoms with E-state index in [0.717, 1.165) is 22.9 Å². The summed E-state index contributed by atoms with van der Waals surface area (Å²) in [6.45, 7) is 8.56. The van der Waals surface area contributed by atoms with Crippen molar-refractivity contribution in [3.63, 3.8) is 0 Å². The molecule has 0 aliphatic carbocycles. The van der Waals surface area contributed by atoms with Crippen LogP contribution in [0, 0.1) is 6.92 Å². The monoisotopic (exact) mass is 593 g/mol. The lowest BCUT2D eigenvalue weighted by Crippen LogP contribution is -2.52. The normalized spacial score (nSPS) is 12.0. The van der Waals surface area contributed by atoms with Crippen LogP contribution < -0.4 is 14.4 Å². The van der Waals surface area contributed by atoms with Crippen LogP contribution >= 0.6 is 0 Å². The third-order valence-corrected chi connectivity index (χ3v) is 8.09. The average molecular weight is 594 g/mol. The van der Waals surface area contributed by atoms with E-state index in [0.29, 0.717) is 24.5 Å². The SMILES string of the molecule is CCOc1ccc(N(CCCC(=O)N(Cc2ccccc2C)[C@H](Cc2ccccc2)C(=O)NC(C)C)S(C)(=O)=O)cc1. The van der Waals surface area contributed by atoms with Gasteiger partial charge in [-0.05, 0) is 75.1 Å². The minimum atomic E-state index is -3.60. The van der Waals surface area contributed by atoms with Crippen molar-refractivity contribution < 1.29 is 22.7 Å². The number of benzene rings is 3. The highest BCUT2D eigenvalue weighted by atomic mass is 32.2. The lowest BCUT2D eigenvalue weighted by molar-refractivity contribution is -0.141. The smallest absolute Gasteiger partial charge is 0.243 e. The molecule has 0 aromatic heterocycles. The Kier molecular flexibility index (Phi) is 12.0. The fourth-order valence-electron chi connectivity index (χ4n) is 4.78. The highest BCUT2D eigenvalue weighted by molar-refractivity contribution is 7.92. The molecule has 0 radical (unpaired) electrons. The number of amides is 2. The molecule has 0 saturated heterocycles. The third kappa shape index (κ3) is 9.62. The van der Waals surface area contributed by atoms with E-state index in [9.17, 15) is 18.0 Å². The topological polar surface area (TPSA) is 96.0 Å². The molecule has 3 rings (SSSR count). The maximum absolute atomic E-state index is 13.9. The molecule has 0 heterocycles. The Labute approximate surface area is 250 Å². The van der Waals surface area contributed by atoms with Crippen LogP contribution in [-0.2, 0) is 32.6 Å². The zero-order valence-corrected chi connectivity index (χ0v) is 26.1. The molecule has 0 fully saturated rings. The predicted molar refractivity (Wildman–Crippen MR) is 168 cm³/mol. The first-order valence-corrected chi connectivity index (χ1v) is 16.2. The summed E-state index contributed by atoms with van der Waals surface area (Å²) >= 11 is 0. The zero-order valence-electron chi connectivity index (χ0n) is 25.2. The van der Waals surface area contributed by atoms with Crippen molar-refractivity contribution in [1.29, 1.82) is 0 Å². The molecule has 3 aromatic rings. The number of hydrogen-bond donors (Lipinski definition) is 1. The summed E-state index contributed by atoms with van der Waals surface area (Å²) in [5.74, 6) is 0.224. The van der Waals surface area contributed by atoms with E-state index in [-0.39, 0.29) is 43.8 Å². The van der Waals surface area contributed by atoms with E-state index < -0.39 is 16.1 Å². The predicted octanol–water partition coefficient (Wildman–Crippen LogP) is 5.10. The number of sulfonamides is 1. The molecule has 0 spiro atoms. The van der Waals surface area contributed by atoms with E-state index in [4.69, 9.17) is 4.74 Å². The second kappa shape index (κ2) is 15.4. The van der Waals surface area contributed by atoms with Crippen molar-refractivity contribution in [3.8, 4) is 5.75 Å². The zero-order chi connectivity index (χ0) is 30.7. The lowest BCUT2D eigenvalue weighted by Gasteiger charge is -2.33. The Balaban J connectivity index is 1.87. The van der Waals surface area contributed by atoms with Crippen LogP contribution in [0.5, 0.6) is 5.75 Å². The molecule has 0 unspecified atom stereocenters. The van der Waals surface area contributed by atoms with Gasteiger partial charge in [0, 0.05) is 32.0 Å². The van der Waals surface area contributed by atoms with Crippen molar-refractivity contribution >= 4 is 27.5 Å². The highest BCUT2D eigenvalue weighted by Crippen LogP contribution is 2.23. The van der Waals surface area contributed by atoms with E-state index >= 15 is 0 Å². The van der Waals surface area contributed by atoms with Gasteiger partial charge in [0.15, 0.2) is 0 Å². The van der Waals surface area contributed by atoms with Crippen LogP contribution in [0.1, 0.15) is 50.3 Å². The fourth-order valence-corrected chi connectivity index (χ4v) is 5.75. The summed E-state index contributed by atoms with van der Waals surface area (Å²) in [4.78, 5) is 29.1. The van der Waals surface area contributed by atoms with E-state index in [1.807, 2.05) is 82.3 Å². The Morgan fingerprint density at radius 2 is 1.57 bits per heavy atom. The summed E-state index contributed by atoms with van der Waals surface area (Å²) in [5, 5.41) is 3.00. The number of hydrogen-bond acceptors (Lipinski definition) is 5. The number of nitrogens with one attached hydrogen (secondary N) is 1. The molecular weight excluding hydrogens is 550 g/mol. The van der Waals surface area contributed by atoms with Crippen LogP contribution in [0.3, 0.4) is 0 Å². The molecule has 0 bridgehead atoms. The minimum absolute atomic E-state index is 0.0786. The van der Waals surface area contributed by atoms with Crippen molar-refractivity contribution in [2.24, 2.45) is 0 Å². The van der Waals surface area contributed by atoms with Crippen LogP contribution in [0.15, 0.2) is 78.9 Å². The largest absolute Gasteiger partial charge is 0.494 e. The van der Waals surface area contributed by atoms with Gasteiger partial charge in [0.2, 0.25) is 21.8 Å². The standard InChI is InChI=1S/C33H43N3O5S/c1-6-41-30-20-18-29(19-21-30)36(42(5,39)40)22-12-17-32(37)35(24-28-16-11-10-13-26(28)4)31(33(38)34-25(2)3)23-27-14-8-7-9-15-27/h7-11,13-16,18-21,25,31H,6,12,17,22-24H2,1-5H3,(H,34,38)/t31-/m1/s1. The van der Waals surface area contributed by atoms with Crippen LogP contribution in [0.4, 0.5) is 5.69 Å². The molecular formula is C33H43N3O5S. The molecule has 0 aliphatic heterocycles. The van der Waals surface area contributed by atoms with Gasteiger partial charge in [-0.1, -0.05) is 54.6 Å². The molecule has 1 atom stereocenters. The maximum atomic E-state index is 13.9. The van der Waals surface area contributed by atoms with E-state index in [1.165, 1.54) is 4.31 Å². The second-order valence-corrected chi connectivity index (χ2v) is 12.6. The summed E-state index contributed by atoms with van der Waals surface area (Å²) in [6.07, 6.45) is 1.88. The molecule has 226 valence electrons. The van der Waals surface area contributed by atoms with Crippen molar-refractivity contribution in [1.82, 2.24) is 10.2 Å². The summed E-state index contributed by atoms with van der Waals surface area (Å²) in [6, 6.07) is 23.5. The molecule has 42 heavy (non-hydrogen) atoms. The van der Waals surface area contributed by atoms with Gasteiger partial charge in [-0.25, -0.2) is 8.42 Å². The van der Waals surface area contributed by atoms with Crippen molar-refractivity contribution in [3.05, 3.63) is 95.6 Å². The van der Waals surface area contributed by atoms with Gasteiger partial charge in [-0.3, -0.25) is 13.9 Å². The number of carbonyl (C=O) groups is 2. The van der Waals surface area contributed by atoms with Gasteiger partial charge in [0.1, 0.15) is 11.8 Å². The summed E-state index contributed by atoms with van der Waals surface area (Å²) < 4.78 is 32.1. The Hall–Kier alpha value is -3.85. The number of carbonyl (C=O) groups excluding carboxylic acids is 2. The van der Waals surface area contributed by atoms with Gasteiger partial charge in [0.05, 0.1) is 18.6 Å². The highest BCUT2D eigenvalue weighted by Gasteiger charge is 2.31. The number of rotatable bonds is 15. The quantitative estimate of drug-likeness (QED) is 0.264. The van der Waals surface area contributed by atoms with Crippen LogP contribution in [0.2, 0.25) is 0 Å². The first-order valence-electron chi connectivity index (χ1n) is 14.4. The first kappa shape index (κ1) is 32.7. The average Bonchev–Trinajstić information content (AvgIpc) is 2.94. The first-order chi connectivity index (χ1) is 20.0. The Morgan fingerprint density at radius 1 is 0.929 bits per heavy atom. The van der Waals surface area contributed by atoms with Gasteiger partial charge < -0.3 is 15.0 Å². The molecule has 8 nitrogen and oxygen atoms in total. The van der Waals surface area contributed by atoms with Gasteiger partial charge >= 0.3 is 0 Å². The molecule has 2 amide bonds. The number of nitrogens with zero attached hydrogens (tertiary/aromatic N) is 2. The van der Waals surface area contributed by atoms with Crippen LogP contribution in [0.25, 0.3) is 0 Å². The Bertz CT molecular complexity index is 1410. The minimum Gasteiger partial charge on any atom is -0.494 e. The third-order valence-electron chi connectivity index (χ3n) is 6.89. The van der Waals surface area contributed by atoms with Crippen molar-refractivity contribution in [2.45, 2.75) is 65.6 Å². The lowest BCUT2D eigenvalue weighted by atomic mass is 10.0. The number of anilines is 1. The van der Waals surface area contributed by atoms with Crippen molar-refractivity contribution in [2.75, 3.05) is 23.7 Å². The van der Waals surface area contributed by atoms with Gasteiger partial charge in [0.25, 0.3) is 0 Å². The van der Waals surface area contributed by atoms with Gasteiger partial charge in [-0.2, -0.15) is 0 Å². The van der Waals surface area contributed by atoms with Gasteiger partial charge in [-0.15, -0.1) is 0 Å². The summed E-state index contributed by atoms with van der Waals surface area (Å²) in [5.41, 5.74) is 3.43. The molecule has 1 N–H and O–H groups in total. The Morgan fingerprint density at radius 3 is 2.17 bits per heavy atom. The van der Waals surface area contributed by atoms with Crippen LogP contribution in [-0.4, -0.2) is 56.6 Å². The molecule has 0 saturated carbocycles. The second-order valence-electron chi connectivity index (χ2n) is 10.7. The van der Waals surface area contributed by atoms with E-state index in [2.05, 4.69) is 5.32 Å². The molecule has 9 heteroatoms. The molecule has 0 aliphatic rings. The fraction of sp³-hybridized carbons (Fsp3) is 0.394. The maximum Gasteiger partial charge on any atom is 0.243 e. The van der Waals surface area contributed by atoms with E-state index in [1.54, 1.807) is 29.2 Å².